The van der Waals surface area contributed by atoms with Gasteiger partial charge in [-0.1, -0.05) is 29.3 Å². The highest BCUT2D eigenvalue weighted by atomic mass is 35.5. The predicted octanol–water partition coefficient (Wildman–Crippen LogP) is 4.49. The van der Waals surface area contributed by atoms with Gasteiger partial charge in [0.15, 0.2) is 0 Å². The lowest BCUT2D eigenvalue weighted by Crippen LogP contribution is -2.17. The highest BCUT2D eigenvalue weighted by molar-refractivity contribution is 8.01. The first-order chi connectivity index (χ1) is 8.66. The Kier molecular flexibility index (Phi) is 3.76. The van der Waals surface area contributed by atoms with E-state index in [-0.39, 0.29) is 10.9 Å². The molecule has 0 fully saturated rings. The largest absolute Gasteiger partial charge is 0.573 e. The normalized spacial score (nSPS) is 12.9. The van der Waals surface area contributed by atoms with Gasteiger partial charge in [0.1, 0.15) is 5.75 Å². The smallest absolute Gasteiger partial charge is 0.405 e. The molecule has 1 heterocycles. The zero-order chi connectivity index (χ0) is 14.3. The minimum Gasteiger partial charge on any atom is -0.405 e. The SMILES string of the molecule is FC(F)(F)Oc1cccc2c1cnn2SC(F)(Cl)Cl. The summed E-state index contributed by atoms with van der Waals surface area (Å²) in [6.07, 6.45) is -3.73. The van der Waals surface area contributed by atoms with Crippen molar-refractivity contribution in [3.8, 4) is 5.75 Å². The maximum atomic E-state index is 13.1. The molecule has 0 saturated heterocycles. The summed E-state index contributed by atoms with van der Waals surface area (Å²) in [6, 6.07) is 3.86. The van der Waals surface area contributed by atoms with Crippen molar-refractivity contribution < 1.29 is 22.3 Å². The van der Waals surface area contributed by atoms with Crippen LogP contribution in [0.3, 0.4) is 0 Å². The molecule has 0 bridgehead atoms. The molecule has 0 unspecified atom stereocenters. The van der Waals surface area contributed by atoms with E-state index in [1.54, 1.807) is 0 Å². The van der Waals surface area contributed by atoms with Gasteiger partial charge in [-0.25, -0.2) is 4.09 Å². The molecule has 0 aliphatic rings. The fourth-order valence-electron chi connectivity index (χ4n) is 1.39. The molecule has 0 saturated carbocycles. The molecule has 0 amide bonds. The van der Waals surface area contributed by atoms with Crippen LogP contribution >= 0.6 is 35.1 Å². The van der Waals surface area contributed by atoms with Gasteiger partial charge in [0.2, 0.25) is 0 Å². The summed E-state index contributed by atoms with van der Waals surface area (Å²) in [4.78, 5) is 0. The number of fused-ring (bicyclic) bond motifs is 1. The summed E-state index contributed by atoms with van der Waals surface area (Å²) < 4.78 is 51.8. The zero-order valence-electron chi connectivity index (χ0n) is 8.79. The van der Waals surface area contributed by atoms with Crippen LogP contribution in [0.2, 0.25) is 0 Å². The number of aromatic nitrogens is 2. The molecule has 1 aromatic carbocycles. The fraction of sp³-hybridized carbons (Fsp3) is 0.222. The molecule has 2 aromatic rings. The quantitative estimate of drug-likeness (QED) is 0.611. The molecule has 0 aliphatic carbocycles. The molecule has 0 aliphatic heterocycles. The molecular weight excluding hydrogens is 331 g/mol. The van der Waals surface area contributed by atoms with Crippen molar-refractivity contribution in [2.24, 2.45) is 0 Å². The van der Waals surface area contributed by atoms with Crippen molar-refractivity contribution in [2.45, 2.75) is 10.3 Å². The summed E-state index contributed by atoms with van der Waals surface area (Å²) in [5.74, 6) is -0.439. The molecule has 0 N–H and O–H groups in total. The Morgan fingerprint density at radius 3 is 2.47 bits per heavy atom. The van der Waals surface area contributed by atoms with Crippen LogP contribution < -0.4 is 4.74 Å². The van der Waals surface area contributed by atoms with E-state index in [0.29, 0.717) is 11.9 Å². The Bertz CT molecular complexity index is 596. The third kappa shape index (κ3) is 3.80. The first-order valence-electron chi connectivity index (χ1n) is 4.64. The molecule has 0 radical (unpaired) electrons. The van der Waals surface area contributed by atoms with Gasteiger partial charge in [0.25, 0.3) is 0 Å². The van der Waals surface area contributed by atoms with E-state index in [0.717, 1.165) is 16.4 Å². The average Bonchev–Trinajstić information content (AvgIpc) is 2.58. The monoisotopic (exact) mass is 334 g/mol. The topological polar surface area (TPSA) is 27.1 Å². The van der Waals surface area contributed by atoms with E-state index in [9.17, 15) is 17.6 Å². The van der Waals surface area contributed by atoms with E-state index in [1.807, 2.05) is 0 Å². The lowest BCUT2D eigenvalue weighted by Gasteiger charge is -2.10. The number of ether oxygens (including phenoxy) is 1. The highest BCUT2D eigenvalue weighted by Gasteiger charge is 2.32. The van der Waals surface area contributed by atoms with Crippen molar-refractivity contribution in [1.82, 2.24) is 9.19 Å². The minimum absolute atomic E-state index is 0.0601. The van der Waals surface area contributed by atoms with Crippen molar-refractivity contribution in [1.29, 1.82) is 0 Å². The van der Waals surface area contributed by atoms with Crippen molar-refractivity contribution in [3.05, 3.63) is 24.4 Å². The molecule has 2 rings (SSSR count). The summed E-state index contributed by atoms with van der Waals surface area (Å²) in [5, 5.41) is 3.75. The maximum Gasteiger partial charge on any atom is 0.573 e. The van der Waals surface area contributed by atoms with E-state index >= 15 is 0 Å². The second kappa shape index (κ2) is 4.92. The number of rotatable bonds is 3. The maximum absolute atomic E-state index is 13.1. The summed E-state index contributed by atoms with van der Waals surface area (Å²) >= 11 is 10.6. The number of halogens is 6. The van der Waals surface area contributed by atoms with Gasteiger partial charge in [-0.2, -0.15) is 9.49 Å². The van der Waals surface area contributed by atoms with Gasteiger partial charge in [0, 0.05) is 0 Å². The van der Waals surface area contributed by atoms with Gasteiger partial charge in [0.05, 0.1) is 29.0 Å². The lowest BCUT2D eigenvalue weighted by molar-refractivity contribution is -0.274. The highest BCUT2D eigenvalue weighted by Crippen LogP contribution is 2.39. The Balaban J connectivity index is 2.43. The summed E-state index contributed by atoms with van der Waals surface area (Å²) in [5.41, 5.74) is 0.190. The van der Waals surface area contributed by atoms with Crippen LogP contribution in [-0.2, 0) is 0 Å². The first kappa shape index (κ1) is 14.5. The standard InChI is InChI=1S/C9H4Cl2F4N2OS/c10-8(11,12)19-17-6-2-1-3-7(5(6)4-16-17)18-9(13,14)15/h1-4H. The molecular formula is C9H4Cl2F4N2OS. The van der Waals surface area contributed by atoms with Crippen molar-refractivity contribution in [3.63, 3.8) is 0 Å². The van der Waals surface area contributed by atoms with Crippen LogP contribution in [0.15, 0.2) is 24.4 Å². The predicted molar refractivity (Wildman–Crippen MR) is 65.0 cm³/mol. The van der Waals surface area contributed by atoms with Crippen molar-refractivity contribution in [2.75, 3.05) is 0 Å². The van der Waals surface area contributed by atoms with E-state index in [1.165, 1.54) is 12.1 Å². The number of alkyl halides is 6. The van der Waals surface area contributed by atoms with Gasteiger partial charge in [-0.15, -0.1) is 13.2 Å². The van der Waals surface area contributed by atoms with Gasteiger partial charge < -0.3 is 4.74 Å². The number of hydrogen-bond donors (Lipinski definition) is 0. The molecule has 0 spiro atoms. The van der Waals surface area contributed by atoms with Crippen LogP contribution in [0.5, 0.6) is 5.75 Å². The minimum atomic E-state index is -4.83. The van der Waals surface area contributed by atoms with Crippen LogP contribution in [0.1, 0.15) is 0 Å². The molecule has 3 nitrogen and oxygen atoms in total. The van der Waals surface area contributed by atoms with Gasteiger partial charge in [-0.3, -0.25) is 0 Å². The van der Waals surface area contributed by atoms with Gasteiger partial charge >= 0.3 is 10.3 Å². The number of hydrogen-bond acceptors (Lipinski definition) is 3. The second-order valence-corrected chi connectivity index (χ2v) is 6.07. The van der Waals surface area contributed by atoms with E-state index in [4.69, 9.17) is 23.2 Å². The molecule has 10 heteroatoms. The fourth-order valence-corrected chi connectivity index (χ4v) is 2.33. The second-order valence-electron chi connectivity index (χ2n) is 3.29. The van der Waals surface area contributed by atoms with Crippen LogP contribution in [0.4, 0.5) is 17.6 Å². The van der Waals surface area contributed by atoms with Crippen LogP contribution in [-0.4, -0.2) is 19.5 Å². The summed E-state index contributed by atoms with van der Waals surface area (Å²) in [6.45, 7) is 0. The molecule has 0 atom stereocenters. The Morgan fingerprint density at radius 1 is 1.21 bits per heavy atom. The van der Waals surface area contributed by atoms with Crippen molar-refractivity contribution >= 4 is 46.1 Å². The third-order valence-corrected chi connectivity index (χ3v) is 3.04. The van der Waals surface area contributed by atoms with Crippen LogP contribution in [0.25, 0.3) is 10.9 Å². The molecule has 1 aromatic heterocycles. The number of benzene rings is 1. The lowest BCUT2D eigenvalue weighted by atomic mass is 10.2. The summed E-state index contributed by atoms with van der Waals surface area (Å²) in [7, 11) is 0. The zero-order valence-corrected chi connectivity index (χ0v) is 11.1. The Hall–Kier alpha value is -0.860. The van der Waals surface area contributed by atoms with Crippen LogP contribution in [0, 0.1) is 0 Å². The Labute approximate surface area is 118 Å². The molecule has 19 heavy (non-hydrogen) atoms. The number of nitrogens with zero attached hydrogens (tertiary/aromatic N) is 2. The molecule has 104 valence electrons. The Morgan fingerprint density at radius 2 is 1.89 bits per heavy atom. The van der Waals surface area contributed by atoms with Gasteiger partial charge in [-0.05, 0) is 12.1 Å². The third-order valence-electron chi connectivity index (χ3n) is 1.96. The average molecular weight is 335 g/mol. The van der Waals surface area contributed by atoms with E-state index in [2.05, 4.69) is 9.84 Å². The first-order valence-corrected chi connectivity index (χ1v) is 6.17. The van der Waals surface area contributed by atoms with E-state index < -0.39 is 16.0 Å².